The third-order valence-corrected chi connectivity index (χ3v) is 2.13. The van der Waals surface area contributed by atoms with Crippen LogP contribution in [0.5, 0.6) is 5.75 Å². The van der Waals surface area contributed by atoms with Crippen molar-refractivity contribution in [2.75, 3.05) is 7.11 Å². The summed E-state index contributed by atoms with van der Waals surface area (Å²) in [6, 6.07) is 4.66. The van der Waals surface area contributed by atoms with Gasteiger partial charge in [-0.15, -0.1) is 0 Å². The molecular formula is C9H9F2NO. The predicted molar refractivity (Wildman–Crippen MR) is 43.8 cm³/mol. The molecule has 0 bridgehead atoms. The first-order valence-corrected chi connectivity index (χ1v) is 3.94. The van der Waals surface area contributed by atoms with Crippen LogP contribution in [0.2, 0.25) is 0 Å². The quantitative estimate of drug-likeness (QED) is 0.677. The number of rotatable bonds is 1. The van der Waals surface area contributed by atoms with Crippen molar-refractivity contribution in [3.63, 3.8) is 0 Å². The van der Waals surface area contributed by atoms with E-state index in [1.165, 1.54) is 19.2 Å². The molecule has 4 heteroatoms. The van der Waals surface area contributed by atoms with Gasteiger partial charge in [0.2, 0.25) is 0 Å². The predicted octanol–water partition coefficient (Wildman–Crippen LogP) is 2.23. The molecule has 2 unspecified atom stereocenters. The number of fused-ring (bicyclic) bond motifs is 1. The standard InChI is InChI=1S/C9H9F2NO/c1-13-5-2-3-6-7(4-5)9(11)12-8(6)10/h2-4,8-9,12H,1H3. The Labute approximate surface area is 74.5 Å². The molecule has 0 aliphatic carbocycles. The van der Waals surface area contributed by atoms with Crippen LogP contribution in [0.25, 0.3) is 0 Å². The summed E-state index contributed by atoms with van der Waals surface area (Å²) >= 11 is 0. The van der Waals surface area contributed by atoms with E-state index in [2.05, 4.69) is 5.32 Å². The second-order valence-electron chi connectivity index (χ2n) is 2.89. The van der Waals surface area contributed by atoms with Gasteiger partial charge in [0, 0.05) is 11.1 Å². The molecule has 0 radical (unpaired) electrons. The Morgan fingerprint density at radius 3 is 2.62 bits per heavy atom. The molecule has 1 aromatic carbocycles. The van der Waals surface area contributed by atoms with Crippen LogP contribution in [0, 0.1) is 0 Å². The number of ether oxygens (including phenoxy) is 1. The van der Waals surface area contributed by atoms with Gasteiger partial charge in [-0.3, -0.25) is 5.32 Å². The first-order valence-electron chi connectivity index (χ1n) is 3.94. The maximum atomic E-state index is 13.1. The Balaban J connectivity index is 2.46. The second-order valence-corrected chi connectivity index (χ2v) is 2.89. The van der Waals surface area contributed by atoms with Crippen molar-refractivity contribution in [1.29, 1.82) is 0 Å². The van der Waals surface area contributed by atoms with Crippen molar-refractivity contribution in [2.24, 2.45) is 0 Å². The lowest BCUT2D eigenvalue weighted by Crippen LogP contribution is -2.09. The maximum Gasteiger partial charge on any atom is 0.179 e. The summed E-state index contributed by atoms with van der Waals surface area (Å²) in [6.45, 7) is 0. The largest absolute Gasteiger partial charge is 0.497 e. The zero-order valence-corrected chi connectivity index (χ0v) is 7.05. The molecule has 70 valence electrons. The van der Waals surface area contributed by atoms with E-state index in [1.807, 2.05) is 0 Å². The van der Waals surface area contributed by atoms with Gasteiger partial charge in [0.15, 0.2) is 12.6 Å². The maximum absolute atomic E-state index is 13.1. The first-order chi connectivity index (χ1) is 6.22. The molecule has 0 saturated carbocycles. The lowest BCUT2D eigenvalue weighted by atomic mass is 10.1. The van der Waals surface area contributed by atoms with Gasteiger partial charge in [0.05, 0.1) is 7.11 Å². The van der Waals surface area contributed by atoms with E-state index in [0.717, 1.165) is 0 Å². The minimum Gasteiger partial charge on any atom is -0.497 e. The number of alkyl halides is 2. The Morgan fingerprint density at radius 2 is 1.92 bits per heavy atom. The Hall–Kier alpha value is -1.16. The van der Waals surface area contributed by atoms with Gasteiger partial charge in [-0.1, -0.05) is 6.07 Å². The van der Waals surface area contributed by atoms with E-state index in [1.54, 1.807) is 6.07 Å². The fourth-order valence-corrected chi connectivity index (χ4v) is 1.44. The molecule has 1 aliphatic heterocycles. The van der Waals surface area contributed by atoms with E-state index < -0.39 is 12.6 Å². The molecule has 0 spiro atoms. The fourth-order valence-electron chi connectivity index (χ4n) is 1.44. The number of hydrogen-bond donors (Lipinski definition) is 1. The van der Waals surface area contributed by atoms with Crippen molar-refractivity contribution >= 4 is 0 Å². The molecule has 2 rings (SSSR count). The summed E-state index contributed by atoms with van der Waals surface area (Å²) in [5.41, 5.74) is 0.681. The summed E-state index contributed by atoms with van der Waals surface area (Å²) in [5, 5.41) is 2.14. The highest BCUT2D eigenvalue weighted by molar-refractivity contribution is 5.40. The van der Waals surface area contributed by atoms with Crippen LogP contribution in [0.3, 0.4) is 0 Å². The highest BCUT2D eigenvalue weighted by Gasteiger charge is 2.30. The lowest BCUT2D eigenvalue weighted by molar-refractivity contribution is 0.205. The zero-order chi connectivity index (χ0) is 9.42. The molecule has 2 atom stereocenters. The third kappa shape index (κ3) is 1.27. The average molecular weight is 185 g/mol. The molecule has 0 saturated heterocycles. The van der Waals surface area contributed by atoms with Crippen molar-refractivity contribution in [2.45, 2.75) is 12.6 Å². The number of nitrogens with one attached hydrogen (secondary N) is 1. The van der Waals surface area contributed by atoms with E-state index in [4.69, 9.17) is 4.74 Å². The van der Waals surface area contributed by atoms with E-state index in [0.29, 0.717) is 16.9 Å². The minimum absolute atomic E-state index is 0.326. The third-order valence-electron chi connectivity index (χ3n) is 2.13. The molecular weight excluding hydrogens is 176 g/mol. The van der Waals surface area contributed by atoms with Crippen LogP contribution >= 0.6 is 0 Å². The number of hydrogen-bond acceptors (Lipinski definition) is 2. The van der Waals surface area contributed by atoms with Crippen LogP contribution in [0.4, 0.5) is 8.78 Å². The molecule has 1 heterocycles. The second kappa shape index (κ2) is 2.96. The van der Waals surface area contributed by atoms with Gasteiger partial charge in [0.1, 0.15) is 5.75 Å². The first kappa shape index (κ1) is 8.44. The van der Waals surface area contributed by atoms with Crippen LogP contribution in [0.15, 0.2) is 18.2 Å². The molecule has 2 nitrogen and oxygen atoms in total. The monoisotopic (exact) mass is 185 g/mol. The highest BCUT2D eigenvalue weighted by Crippen LogP contribution is 2.36. The van der Waals surface area contributed by atoms with Gasteiger partial charge in [-0.25, -0.2) is 8.78 Å². The SMILES string of the molecule is COc1ccc2c(c1)C(F)NC2F. The fraction of sp³-hybridized carbons (Fsp3) is 0.333. The summed E-state index contributed by atoms with van der Waals surface area (Å²) in [5.74, 6) is 0.539. The Kier molecular flexibility index (Phi) is 1.92. The number of benzene rings is 1. The molecule has 0 fully saturated rings. The summed E-state index contributed by atoms with van der Waals surface area (Å²) in [4.78, 5) is 0. The van der Waals surface area contributed by atoms with Gasteiger partial charge in [0.25, 0.3) is 0 Å². The Bertz CT molecular complexity index is 329. The summed E-state index contributed by atoms with van der Waals surface area (Å²) in [6.07, 6.45) is -2.84. The molecule has 13 heavy (non-hydrogen) atoms. The smallest absolute Gasteiger partial charge is 0.179 e. The molecule has 0 aromatic heterocycles. The van der Waals surface area contributed by atoms with Crippen molar-refractivity contribution < 1.29 is 13.5 Å². The van der Waals surface area contributed by atoms with Crippen molar-refractivity contribution in [3.05, 3.63) is 29.3 Å². The molecule has 1 aromatic rings. The normalized spacial score (nSPS) is 25.8. The minimum atomic E-state index is -1.43. The van der Waals surface area contributed by atoms with Crippen LogP contribution in [0.1, 0.15) is 23.7 Å². The van der Waals surface area contributed by atoms with Crippen molar-refractivity contribution in [1.82, 2.24) is 5.32 Å². The zero-order valence-electron chi connectivity index (χ0n) is 7.05. The van der Waals surface area contributed by atoms with E-state index in [-0.39, 0.29) is 0 Å². The summed E-state index contributed by atoms with van der Waals surface area (Å²) < 4.78 is 31.0. The van der Waals surface area contributed by atoms with E-state index in [9.17, 15) is 8.78 Å². The number of methoxy groups -OCH3 is 1. The van der Waals surface area contributed by atoms with Crippen LogP contribution in [-0.2, 0) is 0 Å². The lowest BCUT2D eigenvalue weighted by Gasteiger charge is -2.03. The van der Waals surface area contributed by atoms with Gasteiger partial charge < -0.3 is 4.74 Å². The molecule has 0 amide bonds. The summed E-state index contributed by atoms with van der Waals surface area (Å²) in [7, 11) is 1.49. The van der Waals surface area contributed by atoms with Crippen LogP contribution < -0.4 is 10.1 Å². The van der Waals surface area contributed by atoms with Crippen LogP contribution in [-0.4, -0.2) is 7.11 Å². The number of halogens is 2. The highest BCUT2D eigenvalue weighted by atomic mass is 19.2. The Morgan fingerprint density at radius 1 is 1.23 bits per heavy atom. The topological polar surface area (TPSA) is 21.3 Å². The molecule has 1 N–H and O–H groups in total. The van der Waals surface area contributed by atoms with E-state index >= 15 is 0 Å². The molecule has 1 aliphatic rings. The average Bonchev–Trinajstić information content (AvgIpc) is 2.42. The van der Waals surface area contributed by atoms with Crippen molar-refractivity contribution in [3.8, 4) is 5.75 Å². The van der Waals surface area contributed by atoms with Gasteiger partial charge in [-0.2, -0.15) is 0 Å². The van der Waals surface area contributed by atoms with Gasteiger partial charge >= 0.3 is 0 Å². The van der Waals surface area contributed by atoms with Gasteiger partial charge in [-0.05, 0) is 12.1 Å².